The maximum atomic E-state index is 11.4. The van der Waals surface area contributed by atoms with Crippen molar-refractivity contribution in [2.24, 2.45) is 5.73 Å². The van der Waals surface area contributed by atoms with Gasteiger partial charge < -0.3 is 15.6 Å². The van der Waals surface area contributed by atoms with Crippen molar-refractivity contribution in [2.75, 3.05) is 44.2 Å². The Morgan fingerprint density at radius 3 is 2.78 bits per heavy atom. The largest absolute Gasteiger partial charge is 0.353 e. The molecule has 0 amide bonds. The van der Waals surface area contributed by atoms with Crippen molar-refractivity contribution < 1.29 is 0 Å². The van der Waals surface area contributed by atoms with Crippen LogP contribution in [0.4, 0.5) is 5.82 Å². The van der Waals surface area contributed by atoms with Crippen LogP contribution in [-0.2, 0) is 0 Å². The number of rotatable bonds is 4. The predicted molar refractivity (Wildman–Crippen MR) is 72.2 cm³/mol. The molecule has 0 saturated carbocycles. The smallest absolute Gasteiger partial charge is 0.271 e. The molecule has 0 atom stereocenters. The van der Waals surface area contributed by atoms with Gasteiger partial charge in [0.2, 0.25) is 0 Å². The van der Waals surface area contributed by atoms with Crippen molar-refractivity contribution in [3.05, 3.63) is 21.7 Å². The van der Waals surface area contributed by atoms with Gasteiger partial charge in [-0.25, -0.2) is 4.98 Å². The number of piperazine rings is 1. The second kappa shape index (κ2) is 6.17. The van der Waals surface area contributed by atoms with Crippen LogP contribution in [0.2, 0.25) is 5.02 Å². The number of nitrogens with zero attached hydrogens (tertiary/aromatic N) is 3. The van der Waals surface area contributed by atoms with Crippen LogP contribution in [0.3, 0.4) is 0 Å². The monoisotopic (exact) mass is 271 g/mol. The standard InChI is InChI=1S/C11H18ClN5O/c12-9-10(14-8-15-11(9)18)17-6-4-16(5-7-17)3-1-2-13/h8H,1-7,13H2,(H,14,15,18). The Hall–Kier alpha value is -1.11. The minimum absolute atomic E-state index is 0.174. The van der Waals surface area contributed by atoms with E-state index in [9.17, 15) is 4.79 Å². The Balaban J connectivity index is 1.97. The van der Waals surface area contributed by atoms with Gasteiger partial charge in [-0.05, 0) is 19.5 Å². The molecule has 1 aromatic heterocycles. The molecule has 6 nitrogen and oxygen atoms in total. The SMILES string of the molecule is NCCCN1CCN(c2nc[nH]c(=O)c2Cl)CC1. The molecule has 7 heteroatoms. The summed E-state index contributed by atoms with van der Waals surface area (Å²) in [6, 6.07) is 0. The number of aromatic nitrogens is 2. The maximum absolute atomic E-state index is 11.4. The molecular weight excluding hydrogens is 254 g/mol. The topological polar surface area (TPSA) is 78.2 Å². The van der Waals surface area contributed by atoms with Gasteiger partial charge in [-0.2, -0.15) is 0 Å². The summed E-state index contributed by atoms with van der Waals surface area (Å²) in [7, 11) is 0. The maximum Gasteiger partial charge on any atom is 0.271 e. The van der Waals surface area contributed by atoms with E-state index >= 15 is 0 Å². The summed E-state index contributed by atoms with van der Waals surface area (Å²) in [5.74, 6) is 0.582. The number of hydrogen-bond acceptors (Lipinski definition) is 5. The van der Waals surface area contributed by atoms with E-state index in [0.29, 0.717) is 5.82 Å². The van der Waals surface area contributed by atoms with Crippen LogP contribution in [-0.4, -0.2) is 54.1 Å². The number of halogens is 1. The molecule has 0 aromatic carbocycles. The van der Waals surface area contributed by atoms with Crippen LogP contribution in [0.25, 0.3) is 0 Å². The first-order chi connectivity index (χ1) is 8.72. The van der Waals surface area contributed by atoms with Gasteiger partial charge in [-0.15, -0.1) is 0 Å². The minimum Gasteiger partial charge on any atom is -0.353 e. The normalized spacial score (nSPS) is 17.1. The predicted octanol–water partition coefficient (Wildman–Crippen LogP) is -0.106. The van der Waals surface area contributed by atoms with Gasteiger partial charge in [-0.3, -0.25) is 9.69 Å². The van der Waals surface area contributed by atoms with E-state index in [1.165, 1.54) is 6.33 Å². The molecule has 0 spiro atoms. The van der Waals surface area contributed by atoms with Crippen molar-refractivity contribution in [3.8, 4) is 0 Å². The first-order valence-corrected chi connectivity index (χ1v) is 6.50. The van der Waals surface area contributed by atoms with E-state index in [1.54, 1.807) is 0 Å². The van der Waals surface area contributed by atoms with E-state index in [4.69, 9.17) is 17.3 Å². The van der Waals surface area contributed by atoms with E-state index in [1.807, 2.05) is 0 Å². The third-order valence-corrected chi connectivity index (χ3v) is 3.47. The molecule has 0 aliphatic carbocycles. The molecule has 0 bridgehead atoms. The van der Waals surface area contributed by atoms with Crippen molar-refractivity contribution in [1.82, 2.24) is 14.9 Å². The molecule has 1 fully saturated rings. The lowest BCUT2D eigenvalue weighted by atomic mass is 10.3. The molecule has 2 rings (SSSR count). The number of aromatic amines is 1. The summed E-state index contributed by atoms with van der Waals surface area (Å²) < 4.78 is 0. The zero-order valence-corrected chi connectivity index (χ0v) is 11.0. The highest BCUT2D eigenvalue weighted by atomic mass is 35.5. The van der Waals surface area contributed by atoms with Gasteiger partial charge in [0.15, 0.2) is 5.82 Å². The fourth-order valence-electron chi connectivity index (χ4n) is 2.09. The summed E-state index contributed by atoms with van der Waals surface area (Å²) in [6.45, 7) is 5.32. The molecule has 1 aromatic rings. The lowest BCUT2D eigenvalue weighted by Gasteiger charge is -2.35. The Bertz CT molecular complexity index is 441. The highest BCUT2D eigenvalue weighted by molar-refractivity contribution is 6.32. The van der Waals surface area contributed by atoms with Crippen LogP contribution in [0.1, 0.15) is 6.42 Å². The average molecular weight is 272 g/mol. The number of hydrogen-bond donors (Lipinski definition) is 2. The molecular formula is C11H18ClN5O. The Kier molecular flexibility index (Phi) is 4.57. The Labute approximate surface area is 111 Å². The van der Waals surface area contributed by atoms with Crippen molar-refractivity contribution in [1.29, 1.82) is 0 Å². The van der Waals surface area contributed by atoms with E-state index in [0.717, 1.165) is 45.7 Å². The second-order valence-electron chi connectivity index (χ2n) is 4.34. The summed E-state index contributed by atoms with van der Waals surface area (Å²) in [4.78, 5) is 22.4. The summed E-state index contributed by atoms with van der Waals surface area (Å²) in [6.07, 6.45) is 2.41. The average Bonchev–Trinajstić information content (AvgIpc) is 2.40. The minimum atomic E-state index is -0.285. The zero-order chi connectivity index (χ0) is 13.0. The van der Waals surface area contributed by atoms with Crippen LogP contribution >= 0.6 is 11.6 Å². The molecule has 1 saturated heterocycles. The molecule has 18 heavy (non-hydrogen) atoms. The summed E-state index contributed by atoms with van der Waals surface area (Å²) >= 11 is 5.97. The first kappa shape index (κ1) is 13.3. The third kappa shape index (κ3) is 3.01. The van der Waals surface area contributed by atoms with Crippen molar-refractivity contribution in [3.63, 3.8) is 0 Å². The Morgan fingerprint density at radius 2 is 2.11 bits per heavy atom. The second-order valence-corrected chi connectivity index (χ2v) is 4.72. The van der Waals surface area contributed by atoms with Crippen molar-refractivity contribution in [2.45, 2.75) is 6.42 Å². The Morgan fingerprint density at radius 1 is 1.39 bits per heavy atom. The lowest BCUT2D eigenvalue weighted by Crippen LogP contribution is -2.47. The fraction of sp³-hybridized carbons (Fsp3) is 0.636. The molecule has 2 heterocycles. The third-order valence-electron chi connectivity index (χ3n) is 3.13. The summed E-state index contributed by atoms with van der Waals surface area (Å²) in [5.41, 5.74) is 5.21. The summed E-state index contributed by atoms with van der Waals surface area (Å²) in [5, 5.41) is 0.174. The van der Waals surface area contributed by atoms with E-state index in [2.05, 4.69) is 19.8 Å². The molecule has 1 aliphatic rings. The number of nitrogens with two attached hydrogens (primary N) is 1. The van der Waals surface area contributed by atoms with Gasteiger partial charge in [-0.1, -0.05) is 11.6 Å². The quantitative estimate of drug-likeness (QED) is 0.799. The van der Waals surface area contributed by atoms with Crippen molar-refractivity contribution >= 4 is 17.4 Å². The molecule has 3 N–H and O–H groups in total. The molecule has 0 radical (unpaired) electrons. The number of anilines is 1. The fourth-order valence-corrected chi connectivity index (χ4v) is 2.32. The van der Waals surface area contributed by atoms with Crippen LogP contribution in [0.5, 0.6) is 0 Å². The van der Waals surface area contributed by atoms with Crippen LogP contribution < -0.4 is 16.2 Å². The highest BCUT2D eigenvalue weighted by Crippen LogP contribution is 2.19. The van der Waals surface area contributed by atoms with Crippen LogP contribution in [0, 0.1) is 0 Å². The first-order valence-electron chi connectivity index (χ1n) is 6.13. The van der Waals surface area contributed by atoms with Gasteiger partial charge in [0.25, 0.3) is 5.56 Å². The van der Waals surface area contributed by atoms with E-state index < -0.39 is 0 Å². The van der Waals surface area contributed by atoms with Crippen LogP contribution in [0.15, 0.2) is 11.1 Å². The zero-order valence-electron chi connectivity index (χ0n) is 10.2. The van der Waals surface area contributed by atoms with Gasteiger partial charge in [0.05, 0.1) is 6.33 Å². The molecule has 0 unspecified atom stereocenters. The van der Waals surface area contributed by atoms with E-state index in [-0.39, 0.29) is 10.6 Å². The molecule has 1 aliphatic heterocycles. The van der Waals surface area contributed by atoms with Gasteiger partial charge in [0, 0.05) is 26.2 Å². The molecule has 100 valence electrons. The number of nitrogens with one attached hydrogen (secondary N) is 1. The lowest BCUT2D eigenvalue weighted by molar-refractivity contribution is 0.256. The number of H-pyrrole nitrogens is 1. The van der Waals surface area contributed by atoms with Gasteiger partial charge in [0.1, 0.15) is 5.02 Å². The highest BCUT2D eigenvalue weighted by Gasteiger charge is 2.20. The van der Waals surface area contributed by atoms with Gasteiger partial charge >= 0.3 is 0 Å².